The van der Waals surface area contributed by atoms with E-state index in [1.54, 1.807) is 42.7 Å². The molecule has 74 valence electrons. The molecule has 0 fully saturated rings. The van der Waals surface area contributed by atoms with Crippen LogP contribution in [0.1, 0.15) is 10.4 Å². The summed E-state index contributed by atoms with van der Waals surface area (Å²) < 4.78 is 5.51. The van der Waals surface area contributed by atoms with E-state index < -0.39 is 0 Å². The molecule has 0 radical (unpaired) electrons. The first-order valence-electron chi connectivity index (χ1n) is 4.52. The average Bonchev–Trinajstić information content (AvgIpc) is 2.31. The average molecular weight is 199 g/mol. The Labute approximate surface area is 87.3 Å². The maximum Gasteiger partial charge on any atom is 0.153 e. The van der Waals surface area contributed by atoms with Gasteiger partial charge in [-0.05, 0) is 24.3 Å². The summed E-state index contributed by atoms with van der Waals surface area (Å²) in [5.41, 5.74) is 0.529. The van der Waals surface area contributed by atoms with Gasteiger partial charge in [-0.1, -0.05) is 12.1 Å². The van der Waals surface area contributed by atoms with Crippen molar-refractivity contribution in [3.63, 3.8) is 0 Å². The SMILES string of the molecule is O=Cc1ccccc1Oc1cccnc1. The molecule has 15 heavy (non-hydrogen) atoms. The molecule has 2 rings (SSSR count). The van der Waals surface area contributed by atoms with Crippen LogP contribution in [0, 0.1) is 0 Å². The zero-order valence-corrected chi connectivity index (χ0v) is 7.96. The molecule has 0 saturated heterocycles. The number of benzene rings is 1. The van der Waals surface area contributed by atoms with E-state index in [0.29, 0.717) is 17.1 Å². The van der Waals surface area contributed by atoms with E-state index in [-0.39, 0.29) is 0 Å². The molecule has 3 nitrogen and oxygen atoms in total. The summed E-state index contributed by atoms with van der Waals surface area (Å²) in [5.74, 6) is 1.16. The van der Waals surface area contributed by atoms with Gasteiger partial charge in [0.05, 0.1) is 11.8 Å². The van der Waals surface area contributed by atoms with Crippen LogP contribution in [0.2, 0.25) is 0 Å². The third kappa shape index (κ3) is 2.20. The quantitative estimate of drug-likeness (QED) is 0.713. The van der Waals surface area contributed by atoms with Crippen LogP contribution in [0.5, 0.6) is 11.5 Å². The molecule has 0 spiro atoms. The smallest absolute Gasteiger partial charge is 0.153 e. The van der Waals surface area contributed by atoms with Gasteiger partial charge < -0.3 is 4.74 Å². The second kappa shape index (κ2) is 4.37. The zero-order valence-electron chi connectivity index (χ0n) is 7.96. The highest BCUT2D eigenvalue weighted by molar-refractivity contribution is 5.79. The van der Waals surface area contributed by atoms with Crippen LogP contribution >= 0.6 is 0 Å². The Kier molecular flexibility index (Phi) is 2.74. The number of rotatable bonds is 3. The Morgan fingerprint density at radius 2 is 2.00 bits per heavy atom. The summed E-state index contributed by atoms with van der Waals surface area (Å²) in [4.78, 5) is 14.6. The van der Waals surface area contributed by atoms with Crippen molar-refractivity contribution in [3.8, 4) is 11.5 Å². The minimum Gasteiger partial charge on any atom is -0.455 e. The second-order valence-electron chi connectivity index (χ2n) is 2.95. The Morgan fingerprint density at radius 3 is 2.73 bits per heavy atom. The number of hydrogen-bond acceptors (Lipinski definition) is 3. The van der Waals surface area contributed by atoms with Crippen LogP contribution in [0.25, 0.3) is 0 Å². The molecular weight excluding hydrogens is 190 g/mol. The molecule has 0 N–H and O–H groups in total. The number of aromatic nitrogens is 1. The van der Waals surface area contributed by atoms with Crippen LogP contribution in [-0.2, 0) is 0 Å². The molecule has 0 saturated carbocycles. The Bertz CT molecular complexity index is 454. The summed E-state index contributed by atoms with van der Waals surface area (Å²) in [6.07, 6.45) is 4.03. The van der Waals surface area contributed by atoms with Crippen molar-refractivity contribution in [2.45, 2.75) is 0 Å². The van der Waals surface area contributed by atoms with Crippen molar-refractivity contribution in [1.29, 1.82) is 0 Å². The lowest BCUT2D eigenvalue weighted by atomic mass is 10.2. The standard InChI is InChI=1S/C12H9NO2/c14-9-10-4-1-2-6-12(10)15-11-5-3-7-13-8-11/h1-9H. The monoisotopic (exact) mass is 199 g/mol. The molecule has 1 aromatic carbocycles. The van der Waals surface area contributed by atoms with Crippen molar-refractivity contribution < 1.29 is 9.53 Å². The minimum atomic E-state index is 0.529. The third-order valence-corrected chi connectivity index (χ3v) is 1.91. The second-order valence-corrected chi connectivity index (χ2v) is 2.95. The molecule has 1 aromatic heterocycles. The van der Waals surface area contributed by atoms with Crippen molar-refractivity contribution >= 4 is 6.29 Å². The number of aldehydes is 1. The zero-order chi connectivity index (χ0) is 10.5. The predicted molar refractivity (Wildman–Crippen MR) is 56.1 cm³/mol. The Morgan fingerprint density at radius 1 is 1.13 bits per heavy atom. The van der Waals surface area contributed by atoms with Crippen molar-refractivity contribution in [2.24, 2.45) is 0 Å². The number of nitrogens with zero attached hydrogens (tertiary/aromatic N) is 1. The van der Waals surface area contributed by atoms with Crippen LogP contribution in [-0.4, -0.2) is 11.3 Å². The number of carbonyl (C=O) groups is 1. The van der Waals surface area contributed by atoms with E-state index in [1.807, 2.05) is 6.07 Å². The molecule has 1 heterocycles. The summed E-state index contributed by atoms with van der Waals surface area (Å²) in [6.45, 7) is 0. The maximum atomic E-state index is 10.7. The van der Waals surface area contributed by atoms with Gasteiger partial charge in [0.2, 0.25) is 0 Å². The number of carbonyl (C=O) groups excluding carboxylic acids is 1. The first-order chi connectivity index (χ1) is 7.40. The van der Waals surface area contributed by atoms with E-state index >= 15 is 0 Å². The highest BCUT2D eigenvalue weighted by atomic mass is 16.5. The van der Waals surface area contributed by atoms with Crippen LogP contribution in [0.3, 0.4) is 0 Å². The summed E-state index contributed by atoms with van der Waals surface area (Å²) >= 11 is 0. The van der Waals surface area contributed by atoms with E-state index in [4.69, 9.17) is 4.74 Å². The van der Waals surface area contributed by atoms with Crippen molar-refractivity contribution in [3.05, 3.63) is 54.4 Å². The summed E-state index contributed by atoms with van der Waals surface area (Å²) in [5, 5.41) is 0. The molecule has 0 unspecified atom stereocenters. The van der Waals surface area contributed by atoms with Gasteiger partial charge in [0.25, 0.3) is 0 Å². The van der Waals surface area contributed by atoms with Gasteiger partial charge in [0, 0.05) is 6.20 Å². The molecule has 3 heteroatoms. The lowest BCUT2D eigenvalue weighted by Crippen LogP contribution is -1.89. The van der Waals surface area contributed by atoms with Gasteiger partial charge in [-0.2, -0.15) is 0 Å². The fourth-order valence-electron chi connectivity index (χ4n) is 1.21. The first-order valence-corrected chi connectivity index (χ1v) is 4.52. The number of para-hydroxylation sites is 1. The van der Waals surface area contributed by atoms with Gasteiger partial charge in [0.15, 0.2) is 6.29 Å². The van der Waals surface area contributed by atoms with Gasteiger partial charge in [-0.25, -0.2) is 0 Å². The molecule has 2 aromatic rings. The Hall–Kier alpha value is -2.16. The predicted octanol–water partition coefficient (Wildman–Crippen LogP) is 2.69. The first kappa shape index (κ1) is 9.40. The van der Waals surface area contributed by atoms with Gasteiger partial charge in [-0.3, -0.25) is 9.78 Å². The molecule has 0 aliphatic carbocycles. The molecule has 0 aliphatic rings. The highest BCUT2D eigenvalue weighted by Crippen LogP contribution is 2.22. The topological polar surface area (TPSA) is 39.2 Å². The van der Waals surface area contributed by atoms with E-state index in [1.165, 1.54) is 0 Å². The van der Waals surface area contributed by atoms with E-state index in [2.05, 4.69) is 4.98 Å². The van der Waals surface area contributed by atoms with E-state index in [0.717, 1.165) is 6.29 Å². The Balaban J connectivity index is 2.28. The fraction of sp³-hybridized carbons (Fsp3) is 0. The summed E-state index contributed by atoms with van der Waals surface area (Å²) in [6, 6.07) is 10.6. The van der Waals surface area contributed by atoms with Crippen LogP contribution in [0.15, 0.2) is 48.8 Å². The highest BCUT2D eigenvalue weighted by Gasteiger charge is 2.02. The van der Waals surface area contributed by atoms with E-state index in [9.17, 15) is 4.79 Å². The molecular formula is C12H9NO2. The van der Waals surface area contributed by atoms with Gasteiger partial charge >= 0.3 is 0 Å². The molecule has 0 aliphatic heterocycles. The normalized spacial score (nSPS) is 9.60. The third-order valence-electron chi connectivity index (χ3n) is 1.91. The van der Waals surface area contributed by atoms with Crippen molar-refractivity contribution in [1.82, 2.24) is 4.98 Å². The van der Waals surface area contributed by atoms with Crippen LogP contribution in [0.4, 0.5) is 0 Å². The fourth-order valence-corrected chi connectivity index (χ4v) is 1.21. The number of hydrogen-bond donors (Lipinski definition) is 0. The molecule has 0 amide bonds. The minimum absolute atomic E-state index is 0.529. The van der Waals surface area contributed by atoms with Crippen LogP contribution < -0.4 is 4.74 Å². The van der Waals surface area contributed by atoms with Crippen molar-refractivity contribution in [2.75, 3.05) is 0 Å². The number of ether oxygens (including phenoxy) is 1. The largest absolute Gasteiger partial charge is 0.455 e. The lowest BCUT2D eigenvalue weighted by Gasteiger charge is -2.06. The summed E-state index contributed by atoms with van der Waals surface area (Å²) in [7, 11) is 0. The number of pyridine rings is 1. The maximum absolute atomic E-state index is 10.7. The lowest BCUT2D eigenvalue weighted by molar-refractivity contribution is 0.112. The molecule has 0 bridgehead atoms. The van der Waals surface area contributed by atoms with Gasteiger partial charge in [0.1, 0.15) is 11.5 Å². The molecule has 0 atom stereocenters. The van der Waals surface area contributed by atoms with Gasteiger partial charge in [-0.15, -0.1) is 0 Å².